The van der Waals surface area contributed by atoms with Crippen LogP contribution in [0.15, 0.2) is 47.4 Å². The Hall–Kier alpha value is -2.45. The first-order valence-electron chi connectivity index (χ1n) is 11.3. The molecule has 0 aromatic heterocycles. The van der Waals surface area contributed by atoms with E-state index in [2.05, 4.69) is 0 Å². The molecular weight excluding hydrogens is 429 g/mol. The Morgan fingerprint density at radius 1 is 1.00 bits per heavy atom. The van der Waals surface area contributed by atoms with Gasteiger partial charge in [-0.25, -0.2) is 12.8 Å². The summed E-state index contributed by atoms with van der Waals surface area (Å²) in [5, 5.41) is 0. The van der Waals surface area contributed by atoms with Gasteiger partial charge in [-0.2, -0.15) is 4.31 Å². The molecule has 0 radical (unpaired) electrons. The second kappa shape index (κ2) is 8.15. The molecule has 0 N–H and O–H groups in total. The molecule has 1 atom stereocenters. The van der Waals surface area contributed by atoms with Crippen LogP contribution in [0.1, 0.15) is 31.7 Å². The second-order valence-corrected chi connectivity index (χ2v) is 11.0. The number of fused-ring (bicyclic) bond motifs is 1. The van der Waals surface area contributed by atoms with Crippen LogP contribution in [0.4, 0.5) is 15.8 Å². The first-order chi connectivity index (χ1) is 15.4. The highest BCUT2D eigenvalue weighted by molar-refractivity contribution is 7.89. The highest BCUT2D eigenvalue weighted by atomic mass is 32.2. The summed E-state index contributed by atoms with van der Waals surface area (Å²) in [4.78, 5) is 16.9. The smallest absolute Gasteiger partial charge is 0.243 e. The molecule has 5 rings (SSSR count). The zero-order valence-corrected chi connectivity index (χ0v) is 19.0. The molecule has 170 valence electrons. The Labute approximate surface area is 188 Å². The molecule has 2 aromatic carbocycles. The summed E-state index contributed by atoms with van der Waals surface area (Å²) in [6.45, 7) is 3.50. The van der Waals surface area contributed by atoms with Gasteiger partial charge in [0, 0.05) is 43.8 Å². The van der Waals surface area contributed by atoms with Crippen molar-refractivity contribution in [2.24, 2.45) is 5.92 Å². The molecule has 2 fully saturated rings. The largest absolute Gasteiger partial charge is 0.367 e. The van der Waals surface area contributed by atoms with E-state index in [1.165, 1.54) is 10.4 Å². The van der Waals surface area contributed by atoms with Crippen molar-refractivity contribution in [3.05, 3.63) is 53.8 Å². The van der Waals surface area contributed by atoms with Gasteiger partial charge in [-0.1, -0.05) is 18.6 Å². The lowest BCUT2D eigenvalue weighted by atomic mass is 9.84. The fourth-order valence-electron chi connectivity index (χ4n) is 4.98. The van der Waals surface area contributed by atoms with Gasteiger partial charge in [-0.05, 0) is 62.1 Å². The van der Waals surface area contributed by atoms with E-state index in [0.717, 1.165) is 30.5 Å². The molecule has 32 heavy (non-hydrogen) atoms. The highest BCUT2D eigenvalue weighted by Gasteiger charge is 2.38. The molecule has 1 unspecified atom stereocenters. The van der Waals surface area contributed by atoms with Crippen LogP contribution in [0.3, 0.4) is 0 Å². The van der Waals surface area contributed by atoms with Gasteiger partial charge in [0.1, 0.15) is 5.82 Å². The number of nitrogens with zero attached hydrogens (tertiary/aromatic N) is 3. The Bertz CT molecular complexity index is 1140. The summed E-state index contributed by atoms with van der Waals surface area (Å²) in [7, 11) is -3.65. The molecule has 2 aliphatic heterocycles. The van der Waals surface area contributed by atoms with E-state index < -0.39 is 10.0 Å². The molecule has 1 saturated heterocycles. The fourth-order valence-corrected chi connectivity index (χ4v) is 6.46. The quantitative estimate of drug-likeness (QED) is 0.706. The summed E-state index contributed by atoms with van der Waals surface area (Å²) in [5.74, 6) is -0.0162. The number of halogens is 1. The minimum atomic E-state index is -3.65. The third-order valence-corrected chi connectivity index (χ3v) is 8.92. The van der Waals surface area contributed by atoms with Crippen LogP contribution in [-0.2, 0) is 21.2 Å². The van der Waals surface area contributed by atoms with Gasteiger partial charge < -0.3 is 9.80 Å². The van der Waals surface area contributed by atoms with Crippen LogP contribution in [0.5, 0.6) is 0 Å². The molecule has 1 amide bonds. The van der Waals surface area contributed by atoms with Crippen LogP contribution < -0.4 is 9.80 Å². The number of hydrogen-bond acceptors (Lipinski definition) is 4. The van der Waals surface area contributed by atoms with Gasteiger partial charge in [0.25, 0.3) is 0 Å². The maximum atomic E-state index is 14.1. The number of rotatable bonds is 4. The maximum Gasteiger partial charge on any atom is 0.243 e. The maximum absolute atomic E-state index is 14.1. The van der Waals surface area contributed by atoms with Gasteiger partial charge in [0.2, 0.25) is 15.9 Å². The summed E-state index contributed by atoms with van der Waals surface area (Å²) >= 11 is 0. The predicted molar refractivity (Wildman–Crippen MR) is 122 cm³/mol. The Balaban J connectivity index is 1.33. The molecule has 0 spiro atoms. The Morgan fingerprint density at radius 2 is 1.72 bits per heavy atom. The van der Waals surface area contributed by atoms with Crippen molar-refractivity contribution < 1.29 is 17.6 Å². The summed E-state index contributed by atoms with van der Waals surface area (Å²) < 4.78 is 42.2. The van der Waals surface area contributed by atoms with Crippen molar-refractivity contribution in [2.45, 2.75) is 43.5 Å². The van der Waals surface area contributed by atoms with E-state index in [1.54, 1.807) is 36.4 Å². The van der Waals surface area contributed by atoms with Gasteiger partial charge in [-0.15, -0.1) is 0 Å². The average Bonchev–Trinajstić information content (AvgIpc) is 3.08. The molecule has 2 heterocycles. The molecule has 1 saturated carbocycles. The van der Waals surface area contributed by atoms with Crippen molar-refractivity contribution in [2.75, 3.05) is 36.0 Å². The van der Waals surface area contributed by atoms with Gasteiger partial charge >= 0.3 is 0 Å². The van der Waals surface area contributed by atoms with E-state index >= 15 is 0 Å². The molecule has 6 nitrogen and oxygen atoms in total. The van der Waals surface area contributed by atoms with Crippen LogP contribution in [0, 0.1) is 11.7 Å². The van der Waals surface area contributed by atoms with Gasteiger partial charge in [-0.3, -0.25) is 4.79 Å². The number of piperazine rings is 1. The molecule has 0 bridgehead atoms. The number of carbonyl (C=O) groups excluding carboxylic acids is 1. The first-order valence-corrected chi connectivity index (χ1v) is 12.8. The Morgan fingerprint density at radius 3 is 2.38 bits per heavy atom. The lowest BCUT2D eigenvalue weighted by Gasteiger charge is -2.35. The topological polar surface area (TPSA) is 60.9 Å². The number of hydrogen-bond donors (Lipinski definition) is 0. The first kappa shape index (κ1) is 21.4. The van der Waals surface area contributed by atoms with Crippen molar-refractivity contribution in [1.82, 2.24) is 4.31 Å². The van der Waals surface area contributed by atoms with Crippen molar-refractivity contribution in [3.8, 4) is 0 Å². The number of benzene rings is 2. The monoisotopic (exact) mass is 457 g/mol. The number of amides is 1. The van der Waals surface area contributed by atoms with E-state index in [4.69, 9.17) is 0 Å². The van der Waals surface area contributed by atoms with Crippen LogP contribution >= 0.6 is 0 Å². The average molecular weight is 458 g/mol. The van der Waals surface area contributed by atoms with Crippen LogP contribution in [0.2, 0.25) is 0 Å². The second-order valence-electron chi connectivity index (χ2n) is 9.02. The van der Waals surface area contributed by atoms with E-state index in [0.29, 0.717) is 38.3 Å². The normalized spacial score (nSPS) is 22.0. The molecule has 1 aliphatic carbocycles. The fraction of sp³-hybridized carbons (Fsp3) is 0.458. The van der Waals surface area contributed by atoms with Crippen molar-refractivity contribution >= 4 is 27.3 Å². The van der Waals surface area contributed by atoms with Crippen LogP contribution in [0.25, 0.3) is 0 Å². The highest BCUT2D eigenvalue weighted by Crippen LogP contribution is 2.38. The van der Waals surface area contributed by atoms with E-state index in [-0.39, 0.29) is 28.6 Å². The molecule has 8 heteroatoms. The third kappa shape index (κ3) is 3.59. The zero-order chi connectivity index (χ0) is 22.5. The molecule has 2 aromatic rings. The standard InChI is InChI=1S/C24H28FN3O3S/c1-17-15-19-16-20(9-10-22(19)28(17)24(29)18-5-4-6-18)32(30,31)27-13-11-26(12-14-27)23-8-3-2-7-21(23)25/h2-3,7-10,16-18H,4-6,11-15H2,1H3. The third-order valence-electron chi connectivity index (χ3n) is 7.03. The number of sulfonamides is 1. The van der Waals surface area contributed by atoms with Crippen molar-refractivity contribution in [3.63, 3.8) is 0 Å². The van der Waals surface area contributed by atoms with Crippen molar-refractivity contribution in [1.29, 1.82) is 0 Å². The summed E-state index contributed by atoms with van der Waals surface area (Å²) in [5.41, 5.74) is 2.27. The number of anilines is 2. The predicted octanol–water partition coefficient (Wildman–Crippen LogP) is 3.41. The lowest BCUT2D eigenvalue weighted by Crippen LogP contribution is -2.48. The minimum Gasteiger partial charge on any atom is -0.367 e. The number of para-hydroxylation sites is 1. The zero-order valence-electron chi connectivity index (χ0n) is 18.2. The molecular formula is C24H28FN3O3S. The van der Waals surface area contributed by atoms with Gasteiger partial charge in [0.15, 0.2) is 0 Å². The van der Waals surface area contributed by atoms with Gasteiger partial charge in [0.05, 0.1) is 10.6 Å². The Kier molecular flexibility index (Phi) is 5.45. The number of carbonyl (C=O) groups is 1. The van der Waals surface area contributed by atoms with Crippen LogP contribution in [-0.4, -0.2) is 50.9 Å². The van der Waals surface area contributed by atoms with E-state index in [9.17, 15) is 17.6 Å². The lowest BCUT2D eigenvalue weighted by molar-refractivity contribution is -0.125. The summed E-state index contributed by atoms with van der Waals surface area (Å²) in [6, 6.07) is 11.8. The minimum absolute atomic E-state index is 0.0420. The summed E-state index contributed by atoms with van der Waals surface area (Å²) in [6.07, 6.45) is 3.66. The SMILES string of the molecule is CC1Cc2cc(S(=O)(=O)N3CCN(c4ccccc4F)CC3)ccc2N1C(=O)C1CCC1. The molecule has 3 aliphatic rings. The van der Waals surface area contributed by atoms with E-state index in [1.807, 2.05) is 16.7 Å².